The summed E-state index contributed by atoms with van der Waals surface area (Å²) in [5, 5.41) is 8.52. The van der Waals surface area contributed by atoms with Gasteiger partial charge in [-0.25, -0.2) is 0 Å². The molecular formula is C39H46N6O7. The van der Waals surface area contributed by atoms with E-state index in [9.17, 15) is 28.8 Å². The topological polar surface area (TPSA) is 157 Å². The van der Waals surface area contributed by atoms with Crippen LogP contribution in [-0.4, -0.2) is 109 Å². The van der Waals surface area contributed by atoms with E-state index in [0.717, 1.165) is 17.5 Å². The standard InChI is InChI=1S/C39H46N6O7/c1-43-25-34(46)41-30(22-28-12-4-2-5-13-28)27-52-33-17-9-8-16-31(33)38(50)42-32(39(51)40-19-11-21-44-20-10-18-35(44)47)23-36(48)45(26-37(43)49)24-29-14-6-3-7-15-29/h2-9,12-17,30,32H,10-11,18-27H2,1H3,(H,40,51)(H,41,46)(H,42,50)/t30-,32+/m1/s1. The largest absolute Gasteiger partial charge is 0.491 e. The van der Waals surface area contributed by atoms with Gasteiger partial charge in [-0.2, -0.15) is 0 Å². The molecule has 0 radical (unpaired) electrons. The molecule has 1 fully saturated rings. The van der Waals surface area contributed by atoms with Crippen LogP contribution in [0.1, 0.15) is 47.2 Å². The van der Waals surface area contributed by atoms with Gasteiger partial charge in [-0.05, 0) is 42.5 Å². The molecule has 3 N–H and O–H groups in total. The van der Waals surface area contributed by atoms with E-state index in [-0.39, 0.29) is 50.0 Å². The van der Waals surface area contributed by atoms with Crippen molar-refractivity contribution in [3.8, 4) is 5.75 Å². The van der Waals surface area contributed by atoms with Gasteiger partial charge in [-0.1, -0.05) is 72.8 Å². The van der Waals surface area contributed by atoms with Gasteiger partial charge in [0.2, 0.25) is 29.5 Å². The third-order valence-corrected chi connectivity index (χ3v) is 9.04. The van der Waals surface area contributed by atoms with Crippen molar-refractivity contribution in [3.63, 3.8) is 0 Å². The Morgan fingerprint density at radius 2 is 1.50 bits per heavy atom. The summed E-state index contributed by atoms with van der Waals surface area (Å²) in [6.07, 6.45) is 1.82. The lowest BCUT2D eigenvalue weighted by atomic mass is 10.1. The summed E-state index contributed by atoms with van der Waals surface area (Å²) in [5.74, 6) is -2.33. The number of ether oxygens (including phenoxy) is 1. The van der Waals surface area contributed by atoms with Crippen molar-refractivity contribution >= 4 is 35.4 Å². The van der Waals surface area contributed by atoms with Crippen LogP contribution in [0.2, 0.25) is 0 Å². The molecule has 13 nitrogen and oxygen atoms in total. The van der Waals surface area contributed by atoms with Crippen LogP contribution in [0.25, 0.3) is 0 Å². The van der Waals surface area contributed by atoms with Crippen molar-refractivity contribution in [1.82, 2.24) is 30.7 Å². The van der Waals surface area contributed by atoms with Gasteiger partial charge >= 0.3 is 0 Å². The van der Waals surface area contributed by atoms with Gasteiger partial charge < -0.3 is 35.4 Å². The molecule has 274 valence electrons. The van der Waals surface area contributed by atoms with Gasteiger partial charge in [0.05, 0.1) is 24.6 Å². The van der Waals surface area contributed by atoms with Gasteiger partial charge in [0.1, 0.15) is 24.9 Å². The summed E-state index contributed by atoms with van der Waals surface area (Å²) in [7, 11) is 1.49. The van der Waals surface area contributed by atoms with E-state index in [1.807, 2.05) is 60.7 Å². The van der Waals surface area contributed by atoms with Crippen LogP contribution in [-0.2, 0) is 36.9 Å². The van der Waals surface area contributed by atoms with Crippen LogP contribution in [0, 0.1) is 0 Å². The third kappa shape index (κ3) is 10.9. The highest BCUT2D eigenvalue weighted by atomic mass is 16.5. The van der Waals surface area contributed by atoms with Gasteiger partial charge in [-0.3, -0.25) is 28.8 Å². The molecule has 0 saturated carbocycles. The molecule has 13 heteroatoms. The fraction of sp³-hybridized carbons (Fsp3) is 0.385. The maximum absolute atomic E-state index is 14.0. The summed E-state index contributed by atoms with van der Waals surface area (Å²) in [5.41, 5.74) is 1.85. The summed E-state index contributed by atoms with van der Waals surface area (Å²) >= 11 is 0. The average molecular weight is 711 g/mol. The zero-order valence-electron chi connectivity index (χ0n) is 29.4. The molecule has 3 aromatic carbocycles. The molecule has 6 amide bonds. The van der Waals surface area contributed by atoms with Crippen LogP contribution in [0.5, 0.6) is 5.75 Å². The Labute approximate surface area is 303 Å². The van der Waals surface area contributed by atoms with Crippen LogP contribution >= 0.6 is 0 Å². The number of para-hydroxylation sites is 1. The van der Waals surface area contributed by atoms with E-state index in [4.69, 9.17) is 4.74 Å². The monoisotopic (exact) mass is 710 g/mol. The molecule has 0 aliphatic carbocycles. The number of likely N-dealkylation sites (N-methyl/N-ethyl adjacent to an activating group) is 1. The van der Waals surface area contributed by atoms with Crippen LogP contribution in [0.3, 0.4) is 0 Å². The number of rotatable bonds is 9. The van der Waals surface area contributed by atoms with Crippen molar-refractivity contribution in [1.29, 1.82) is 0 Å². The zero-order chi connectivity index (χ0) is 36.9. The molecule has 0 unspecified atom stereocenters. The summed E-state index contributed by atoms with van der Waals surface area (Å²) < 4.78 is 6.14. The summed E-state index contributed by atoms with van der Waals surface area (Å²) in [4.78, 5) is 84.6. The third-order valence-electron chi connectivity index (χ3n) is 9.04. The van der Waals surface area contributed by atoms with E-state index >= 15 is 0 Å². The number of nitrogens with zero attached hydrogens (tertiary/aromatic N) is 3. The molecule has 0 bridgehead atoms. The molecule has 3 aromatic rings. The first-order valence-corrected chi connectivity index (χ1v) is 17.6. The van der Waals surface area contributed by atoms with Gasteiger partial charge in [0.25, 0.3) is 5.91 Å². The number of hydrogen-bond acceptors (Lipinski definition) is 7. The van der Waals surface area contributed by atoms with E-state index in [0.29, 0.717) is 32.4 Å². The number of carbonyl (C=O) groups excluding carboxylic acids is 6. The quantitative estimate of drug-likeness (QED) is 0.287. The second-order valence-corrected chi connectivity index (χ2v) is 13.1. The number of hydrogen-bond donors (Lipinski definition) is 3. The van der Waals surface area contributed by atoms with E-state index in [1.54, 1.807) is 29.2 Å². The van der Waals surface area contributed by atoms with Crippen LogP contribution in [0.4, 0.5) is 0 Å². The van der Waals surface area contributed by atoms with Crippen molar-refractivity contribution in [2.24, 2.45) is 0 Å². The Kier molecular flexibility index (Phi) is 13.4. The molecular weight excluding hydrogens is 664 g/mol. The first-order chi connectivity index (χ1) is 25.2. The first-order valence-electron chi connectivity index (χ1n) is 17.6. The maximum Gasteiger partial charge on any atom is 0.255 e. The predicted octanol–water partition coefficient (Wildman–Crippen LogP) is 1.91. The molecule has 2 heterocycles. The van der Waals surface area contributed by atoms with Crippen molar-refractivity contribution in [2.75, 3.05) is 46.4 Å². The molecule has 0 aromatic heterocycles. The smallest absolute Gasteiger partial charge is 0.255 e. The lowest BCUT2D eigenvalue weighted by Crippen LogP contribution is -2.51. The van der Waals surface area contributed by atoms with Crippen molar-refractivity contribution < 1.29 is 33.5 Å². The Hall–Kier alpha value is -5.72. The predicted molar refractivity (Wildman–Crippen MR) is 193 cm³/mol. The second kappa shape index (κ2) is 18.5. The van der Waals surface area contributed by atoms with Crippen LogP contribution < -0.4 is 20.7 Å². The fourth-order valence-corrected chi connectivity index (χ4v) is 6.21. The highest BCUT2D eigenvalue weighted by Crippen LogP contribution is 2.20. The number of likely N-dealkylation sites (tertiary alicyclic amines) is 1. The molecule has 0 spiro atoms. The SMILES string of the molecule is CN1CC(=O)N[C@H](Cc2ccccc2)COc2ccccc2C(=O)N[C@H](C(=O)NCCCN2CCCC2=O)CC(=O)N(Cc2ccccc2)CC1=O. The van der Waals surface area contributed by atoms with Gasteiger partial charge in [0, 0.05) is 39.6 Å². The molecule has 2 atom stereocenters. The molecule has 1 saturated heterocycles. The average Bonchev–Trinajstić information content (AvgIpc) is 3.56. The normalized spacial score (nSPS) is 19.3. The fourth-order valence-electron chi connectivity index (χ4n) is 6.21. The van der Waals surface area contributed by atoms with E-state index in [2.05, 4.69) is 16.0 Å². The highest BCUT2D eigenvalue weighted by Gasteiger charge is 2.30. The maximum atomic E-state index is 14.0. The zero-order valence-corrected chi connectivity index (χ0v) is 29.4. The van der Waals surface area contributed by atoms with E-state index < -0.39 is 48.0 Å². The molecule has 5 rings (SSSR count). The second-order valence-electron chi connectivity index (χ2n) is 13.1. The lowest BCUT2D eigenvalue weighted by Gasteiger charge is -2.27. The molecule has 2 aliphatic rings. The Balaban J connectivity index is 1.41. The molecule has 2 aliphatic heterocycles. The Morgan fingerprint density at radius 3 is 2.21 bits per heavy atom. The minimum atomic E-state index is -1.29. The summed E-state index contributed by atoms with van der Waals surface area (Å²) in [6.45, 7) is 0.852. The first kappa shape index (κ1) is 37.5. The Morgan fingerprint density at radius 1 is 0.808 bits per heavy atom. The lowest BCUT2D eigenvalue weighted by molar-refractivity contribution is -0.142. The van der Waals surface area contributed by atoms with Gasteiger partial charge in [-0.15, -0.1) is 0 Å². The highest BCUT2D eigenvalue weighted by molar-refractivity contribution is 6.01. The van der Waals surface area contributed by atoms with Crippen molar-refractivity contribution in [2.45, 2.75) is 50.7 Å². The molecule has 52 heavy (non-hydrogen) atoms. The van der Waals surface area contributed by atoms with Gasteiger partial charge in [0.15, 0.2) is 0 Å². The Bertz CT molecular complexity index is 1720. The van der Waals surface area contributed by atoms with E-state index in [1.165, 1.54) is 16.8 Å². The number of benzene rings is 3. The number of amides is 6. The minimum Gasteiger partial charge on any atom is -0.491 e. The number of carbonyl (C=O) groups is 6. The van der Waals surface area contributed by atoms with Crippen LogP contribution in [0.15, 0.2) is 84.9 Å². The summed E-state index contributed by atoms with van der Waals surface area (Å²) in [6, 6.07) is 23.4. The number of nitrogens with one attached hydrogen (secondary N) is 3. The van der Waals surface area contributed by atoms with Crippen molar-refractivity contribution in [3.05, 3.63) is 102 Å². The number of fused-ring (bicyclic) bond motifs is 1. The minimum absolute atomic E-state index is 0.00929.